The summed E-state index contributed by atoms with van der Waals surface area (Å²) in [5.41, 5.74) is 12.3. The van der Waals surface area contributed by atoms with Crippen LogP contribution in [0, 0.1) is 0 Å². The quantitative estimate of drug-likeness (QED) is 0.111. The molecule has 0 radical (unpaired) electrons. The Morgan fingerprint density at radius 2 is 1.55 bits per heavy atom. The van der Waals surface area contributed by atoms with Gasteiger partial charge in [0.15, 0.2) is 0 Å². The SMILES string of the molecule is NC(=O)CCC(NC(=O)C(N)Cc1ccc(O)cc1)C(=O)NC(CS)C(=O)NC(Cc1cnc[nH]1)C(=O)O. The lowest BCUT2D eigenvalue weighted by atomic mass is 10.0. The highest BCUT2D eigenvalue weighted by molar-refractivity contribution is 7.80. The van der Waals surface area contributed by atoms with Crippen LogP contribution in [0.15, 0.2) is 36.8 Å². The second-order valence-corrected chi connectivity index (χ2v) is 8.83. The van der Waals surface area contributed by atoms with Crippen molar-refractivity contribution in [3.63, 3.8) is 0 Å². The van der Waals surface area contributed by atoms with Crippen molar-refractivity contribution in [3.05, 3.63) is 48.0 Å². The van der Waals surface area contributed by atoms with E-state index in [9.17, 15) is 34.2 Å². The normalized spacial score (nSPS) is 13.9. The number of nitrogens with two attached hydrogens (primary N) is 2. The molecule has 1 aromatic heterocycles. The van der Waals surface area contributed by atoms with Gasteiger partial charge in [0.25, 0.3) is 0 Å². The molecule has 4 unspecified atom stereocenters. The summed E-state index contributed by atoms with van der Waals surface area (Å²) in [6.45, 7) is 0. The Bertz CT molecular complexity index is 1110. The van der Waals surface area contributed by atoms with Gasteiger partial charge in [-0.25, -0.2) is 9.78 Å². The molecule has 0 aliphatic rings. The number of aromatic amines is 1. The highest BCUT2D eigenvalue weighted by Crippen LogP contribution is 2.11. The number of primary amides is 1. The zero-order chi connectivity index (χ0) is 28.2. The summed E-state index contributed by atoms with van der Waals surface area (Å²) in [5.74, 6) is -4.47. The summed E-state index contributed by atoms with van der Waals surface area (Å²) in [7, 11) is 0. The summed E-state index contributed by atoms with van der Waals surface area (Å²) in [4.78, 5) is 67.9. The molecular weight excluding hydrogens is 518 g/mol. The highest BCUT2D eigenvalue weighted by Gasteiger charge is 2.30. The fraction of sp³-hybridized carbons (Fsp3) is 0.391. The molecule has 2 rings (SSSR count). The Labute approximate surface area is 223 Å². The first-order chi connectivity index (χ1) is 18.0. The molecule has 4 atom stereocenters. The minimum absolute atomic E-state index is 0.0497. The topological polar surface area (TPSA) is 243 Å². The number of H-pyrrole nitrogens is 1. The number of carboxylic acids is 1. The fourth-order valence-electron chi connectivity index (χ4n) is 3.37. The van der Waals surface area contributed by atoms with E-state index in [1.54, 1.807) is 12.1 Å². The smallest absolute Gasteiger partial charge is 0.326 e. The molecule has 0 aliphatic carbocycles. The highest BCUT2D eigenvalue weighted by atomic mass is 32.1. The number of thiol groups is 1. The maximum Gasteiger partial charge on any atom is 0.326 e. The number of hydrogen-bond acceptors (Lipinski definition) is 9. The van der Waals surface area contributed by atoms with E-state index in [-0.39, 0.29) is 37.2 Å². The van der Waals surface area contributed by atoms with E-state index >= 15 is 0 Å². The third-order valence-electron chi connectivity index (χ3n) is 5.45. The van der Waals surface area contributed by atoms with E-state index in [0.29, 0.717) is 11.3 Å². The number of hydrogen-bond donors (Lipinski definition) is 9. The van der Waals surface area contributed by atoms with E-state index in [4.69, 9.17) is 11.5 Å². The molecule has 14 nitrogen and oxygen atoms in total. The van der Waals surface area contributed by atoms with Crippen molar-refractivity contribution >= 4 is 42.2 Å². The second-order valence-electron chi connectivity index (χ2n) is 8.47. The Balaban J connectivity index is 2.05. The summed E-state index contributed by atoms with van der Waals surface area (Å²) in [6, 6.07) is 1.16. The Hall–Kier alpha value is -4.11. The van der Waals surface area contributed by atoms with Crippen LogP contribution in [-0.4, -0.2) is 79.7 Å². The number of nitrogens with one attached hydrogen (secondary N) is 4. The maximum atomic E-state index is 13.0. The number of rotatable bonds is 15. The Morgan fingerprint density at radius 1 is 0.947 bits per heavy atom. The molecule has 0 spiro atoms. The Kier molecular flexibility index (Phi) is 11.6. The number of imidazole rings is 1. The summed E-state index contributed by atoms with van der Waals surface area (Å²) >= 11 is 4.07. The van der Waals surface area contributed by atoms with E-state index < -0.39 is 53.8 Å². The molecule has 1 heterocycles. The first kappa shape index (κ1) is 30.1. The number of aromatic hydroxyl groups is 1. The van der Waals surface area contributed by atoms with Crippen molar-refractivity contribution < 1.29 is 34.2 Å². The number of aromatic nitrogens is 2. The van der Waals surface area contributed by atoms with Crippen LogP contribution in [0.2, 0.25) is 0 Å². The van der Waals surface area contributed by atoms with E-state index in [1.807, 2.05) is 0 Å². The summed E-state index contributed by atoms with van der Waals surface area (Å²) in [5, 5.41) is 26.1. The average Bonchev–Trinajstić information content (AvgIpc) is 3.38. The van der Waals surface area contributed by atoms with Crippen LogP contribution >= 0.6 is 12.6 Å². The van der Waals surface area contributed by atoms with Crippen molar-refractivity contribution in [1.29, 1.82) is 0 Å². The molecule has 1 aromatic carbocycles. The van der Waals surface area contributed by atoms with Crippen molar-refractivity contribution in [2.45, 2.75) is 49.9 Å². The molecule has 10 N–H and O–H groups in total. The number of carbonyl (C=O) groups is 5. The molecule has 15 heteroatoms. The van der Waals surface area contributed by atoms with Crippen LogP contribution in [0.25, 0.3) is 0 Å². The third kappa shape index (κ3) is 9.74. The van der Waals surface area contributed by atoms with Gasteiger partial charge in [0.1, 0.15) is 23.9 Å². The minimum Gasteiger partial charge on any atom is -0.508 e. The molecule has 38 heavy (non-hydrogen) atoms. The molecule has 2 aromatic rings. The minimum atomic E-state index is -1.31. The molecule has 0 saturated heterocycles. The lowest BCUT2D eigenvalue weighted by Gasteiger charge is -2.24. The van der Waals surface area contributed by atoms with E-state index in [0.717, 1.165) is 0 Å². The average molecular weight is 550 g/mol. The van der Waals surface area contributed by atoms with Gasteiger partial charge in [0, 0.05) is 30.5 Å². The van der Waals surface area contributed by atoms with Gasteiger partial charge in [-0.2, -0.15) is 12.6 Å². The molecule has 0 aliphatic heterocycles. The summed E-state index contributed by atoms with van der Waals surface area (Å²) in [6.07, 6.45) is 2.39. The van der Waals surface area contributed by atoms with Crippen LogP contribution in [0.5, 0.6) is 5.75 Å². The van der Waals surface area contributed by atoms with Crippen LogP contribution in [0.3, 0.4) is 0 Å². The lowest BCUT2D eigenvalue weighted by molar-refractivity contribution is -0.142. The number of nitrogens with zero attached hydrogens (tertiary/aromatic N) is 1. The van der Waals surface area contributed by atoms with Gasteiger partial charge in [0.05, 0.1) is 12.4 Å². The molecule has 0 fully saturated rings. The van der Waals surface area contributed by atoms with Crippen LogP contribution < -0.4 is 27.4 Å². The first-order valence-corrected chi connectivity index (χ1v) is 12.2. The second kappa shape index (κ2) is 14.6. The number of benzene rings is 1. The van der Waals surface area contributed by atoms with Crippen LogP contribution in [-0.2, 0) is 36.8 Å². The summed E-state index contributed by atoms with van der Waals surface area (Å²) < 4.78 is 0. The number of aliphatic carboxylic acids is 1. The predicted octanol–water partition coefficient (Wildman–Crippen LogP) is -2.04. The standard InChI is InChI=1S/C23H31N7O7S/c24-15(7-12-1-3-14(31)4-2-12)20(33)28-16(5-6-19(25)32)21(34)30-18(10-38)22(35)29-17(23(36)37)8-13-9-26-11-27-13/h1-4,9,11,15-18,31,38H,5-8,10,24H2,(H2,25,32)(H,26,27)(H,28,33)(H,29,35)(H,30,34)(H,36,37). The van der Waals surface area contributed by atoms with Gasteiger partial charge >= 0.3 is 5.97 Å². The zero-order valence-corrected chi connectivity index (χ0v) is 21.2. The lowest BCUT2D eigenvalue weighted by Crippen LogP contribution is -2.58. The van der Waals surface area contributed by atoms with Crippen molar-refractivity contribution in [1.82, 2.24) is 25.9 Å². The van der Waals surface area contributed by atoms with E-state index in [2.05, 4.69) is 38.5 Å². The van der Waals surface area contributed by atoms with Gasteiger partial charge in [-0.15, -0.1) is 0 Å². The number of phenols is 1. The third-order valence-corrected chi connectivity index (χ3v) is 5.82. The van der Waals surface area contributed by atoms with Gasteiger partial charge in [-0.3, -0.25) is 19.2 Å². The van der Waals surface area contributed by atoms with Gasteiger partial charge in [-0.1, -0.05) is 12.1 Å². The van der Waals surface area contributed by atoms with E-state index in [1.165, 1.54) is 24.7 Å². The fourth-order valence-corrected chi connectivity index (χ4v) is 3.62. The van der Waals surface area contributed by atoms with Crippen LogP contribution in [0.1, 0.15) is 24.1 Å². The van der Waals surface area contributed by atoms with Crippen molar-refractivity contribution in [3.8, 4) is 5.75 Å². The molecular formula is C23H31N7O7S. The zero-order valence-electron chi connectivity index (χ0n) is 20.3. The molecule has 4 amide bonds. The Morgan fingerprint density at radius 3 is 2.11 bits per heavy atom. The monoisotopic (exact) mass is 549 g/mol. The number of carbonyl (C=O) groups excluding carboxylic acids is 4. The molecule has 0 bridgehead atoms. The van der Waals surface area contributed by atoms with Gasteiger partial charge < -0.3 is 42.6 Å². The predicted molar refractivity (Wildman–Crippen MR) is 138 cm³/mol. The van der Waals surface area contributed by atoms with Gasteiger partial charge in [0.2, 0.25) is 23.6 Å². The molecule has 206 valence electrons. The maximum absolute atomic E-state index is 13.0. The van der Waals surface area contributed by atoms with Gasteiger partial charge in [-0.05, 0) is 30.5 Å². The van der Waals surface area contributed by atoms with Crippen LogP contribution in [0.4, 0.5) is 0 Å². The first-order valence-electron chi connectivity index (χ1n) is 11.5. The number of amides is 4. The van der Waals surface area contributed by atoms with Crippen molar-refractivity contribution in [2.24, 2.45) is 11.5 Å². The van der Waals surface area contributed by atoms with Crippen molar-refractivity contribution in [2.75, 3.05) is 5.75 Å². The molecule has 0 saturated carbocycles. The number of carboxylic acid groups (broad SMARTS) is 1. The number of phenolic OH excluding ortho intramolecular Hbond substituents is 1. The largest absolute Gasteiger partial charge is 0.508 e.